The minimum atomic E-state index is -0.292. The summed E-state index contributed by atoms with van der Waals surface area (Å²) in [4.78, 5) is 2.13. The van der Waals surface area contributed by atoms with Gasteiger partial charge in [0.2, 0.25) is 0 Å². The number of halogens is 1. The van der Waals surface area contributed by atoms with Gasteiger partial charge >= 0.3 is 0 Å². The van der Waals surface area contributed by atoms with Crippen LogP contribution in [0.4, 0.5) is 4.39 Å². The Morgan fingerprint density at radius 1 is 1.47 bits per heavy atom. The topological polar surface area (TPSA) is 27.0 Å². The number of hydrogen-bond donors (Lipinski definition) is 0. The third-order valence-electron chi connectivity index (χ3n) is 3.06. The maximum Gasteiger partial charge on any atom is 0.129 e. The van der Waals surface area contributed by atoms with Crippen molar-refractivity contribution in [2.24, 2.45) is 0 Å². The molecule has 0 saturated carbocycles. The van der Waals surface area contributed by atoms with Gasteiger partial charge in [-0.05, 0) is 32.5 Å². The van der Waals surface area contributed by atoms with E-state index >= 15 is 0 Å². The molecule has 0 aliphatic carbocycles. The first-order valence-corrected chi connectivity index (χ1v) is 5.97. The van der Waals surface area contributed by atoms with E-state index in [1.54, 1.807) is 12.1 Å². The fraction of sp³-hybridized carbons (Fsp3) is 0.500. The maximum absolute atomic E-state index is 13.7. The average molecular weight is 234 g/mol. The number of rotatable bonds is 5. The molecule has 1 rings (SSSR count). The van der Waals surface area contributed by atoms with Crippen molar-refractivity contribution < 1.29 is 4.39 Å². The molecular weight excluding hydrogens is 215 g/mol. The molecular formula is C14H19FN2. The van der Waals surface area contributed by atoms with Crippen LogP contribution in [0.15, 0.2) is 18.2 Å². The molecule has 0 bridgehead atoms. The summed E-state index contributed by atoms with van der Waals surface area (Å²) in [5.41, 5.74) is 1.02. The van der Waals surface area contributed by atoms with Crippen molar-refractivity contribution in [3.8, 4) is 6.07 Å². The summed E-state index contributed by atoms with van der Waals surface area (Å²) in [6.45, 7) is 4.87. The fourth-order valence-corrected chi connectivity index (χ4v) is 1.81. The summed E-state index contributed by atoms with van der Waals surface area (Å²) in [5.74, 6) is -0.292. The molecule has 0 heterocycles. The van der Waals surface area contributed by atoms with E-state index in [4.69, 9.17) is 5.26 Å². The van der Waals surface area contributed by atoms with Crippen LogP contribution >= 0.6 is 0 Å². The highest BCUT2D eigenvalue weighted by Gasteiger charge is 2.11. The normalized spacial score (nSPS) is 12.5. The molecule has 0 fully saturated rings. The predicted molar refractivity (Wildman–Crippen MR) is 67.0 cm³/mol. The molecule has 0 aromatic heterocycles. The van der Waals surface area contributed by atoms with Gasteiger partial charge in [0, 0.05) is 18.2 Å². The fourth-order valence-electron chi connectivity index (χ4n) is 1.81. The van der Waals surface area contributed by atoms with Crippen LogP contribution in [0, 0.1) is 17.1 Å². The van der Waals surface area contributed by atoms with Crippen LogP contribution in [0.2, 0.25) is 0 Å². The van der Waals surface area contributed by atoms with Gasteiger partial charge < -0.3 is 0 Å². The lowest BCUT2D eigenvalue weighted by Gasteiger charge is -2.24. The van der Waals surface area contributed by atoms with Gasteiger partial charge in [-0.25, -0.2) is 4.39 Å². The smallest absolute Gasteiger partial charge is 0.129 e. The lowest BCUT2D eigenvalue weighted by atomic mass is 10.1. The van der Waals surface area contributed by atoms with E-state index < -0.39 is 0 Å². The second kappa shape index (κ2) is 6.36. The molecule has 2 nitrogen and oxygen atoms in total. The summed E-state index contributed by atoms with van der Waals surface area (Å²) in [6, 6.07) is 7.04. The van der Waals surface area contributed by atoms with Gasteiger partial charge in [-0.1, -0.05) is 19.4 Å². The molecule has 0 saturated heterocycles. The third-order valence-corrected chi connectivity index (χ3v) is 3.06. The Hall–Kier alpha value is -1.40. The van der Waals surface area contributed by atoms with Crippen molar-refractivity contribution >= 4 is 0 Å². The summed E-state index contributed by atoms with van der Waals surface area (Å²) in [7, 11) is 2.00. The van der Waals surface area contributed by atoms with Crippen LogP contribution in [0.5, 0.6) is 0 Å². The van der Waals surface area contributed by atoms with Crippen LogP contribution in [-0.2, 0) is 6.54 Å². The molecule has 1 aromatic rings. The zero-order valence-electron chi connectivity index (χ0n) is 10.7. The Bertz CT molecular complexity index is 409. The van der Waals surface area contributed by atoms with E-state index in [0.29, 0.717) is 23.7 Å². The van der Waals surface area contributed by atoms with Crippen LogP contribution in [0.3, 0.4) is 0 Å². The number of nitrogens with zero attached hydrogens (tertiary/aromatic N) is 2. The lowest BCUT2D eigenvalue weighted by Crippen LogP contribution is -2.28. The van der Waals surface area contributed by atoms with Crippen LogP contribution < -0.4 is 0 Å². The highest BCUT2D eigenvalue weighted by atomic mass is 19.1. The van der Waals surface area contributed by atoms with Crippen LogP contribution in [-0.4, -0.2) is 18.0 Å². The van der Waals surface area contributed by atoms with E-state index in [1.807, 2.05) is 13.1 Å². The number of nitriles is 1. The standard InChI is InChI=1S/C14H19FN2/c1-4-5-11(2)17(3)10-13-7-6-12(9-16)8-14(13)15/h6-8,11H,4-5,10H2,1-3H3. The maximum atomic E-state index is 13.7. The SMILES string of the molecule is CCCC(C)N(C)Cc1ccc(C#N)cc1F. The molecule has 1 unspecified atom stereocenters. The quantitative estimate of drug-likeness (QED) is 0.781. The van der Waals surface area contributed by atoms with Gasteiger partial charge in [0.1, 0.15) is 5.82 Å². The van der Waals surface area contributed by atoms with Gasteiger partial charge in [-0.15, -0.1) is 0 Å². The molecule has 0 aliphatic heterocycles. The molecule has 0 radical (unpaired) electrons. The van der Waals surface area contributed by atoms with E-state index in [-0.39, 0.29) is 5.82 Å². The molecule has 92 valence electrons. The summed E-state index contributed by atoms with van der Waals surface area (Å²) < 4.78 is 13.7. The summed E-state index contributed by atoms with van der Waals surface area (Å²) in [6.07, 6.45) is 2.23. The largest absolute Gasteiger partial charge is 0.299 e. The van der Waals surface area contributed by atoms with Gasteiger partial charge in [-0.3, -0.25) is 4.90 Å². The van der Waals surface area contributed by atoms with Crippen molar-refractivity contribution in [3.63, 3.8) is 0 Å². The Morgan fingerprint density at radius 2 is 2.18 bits per heavy atom. The summed E-state index contributed by atoms with van der Waals surface area (Å²) >= 11 is 0. The first-order valence-electron chi connectivity index (χ1n) is 5.97. The first-order chi connectivity index (χ1) is 8.08. The van der Waals surface area contributed by atoms with E-state index in [2.05, 4.69) is 18.7 Å². The predicted octanol–water partition coefficient (Wildman–Crippen LogP) is 3.32. The molecule has 0 N–H and O–H groups in total. The third kappa shape index (κ3) is 3.83. The Kier molecular flexibility index (Phi) is 5.11. The number of hydrogen-bond acceptors (Lipinski definition) is 2. The van der Waals surface area contributed by atoms with Crippen molar-refractivity contribution in [3.05, 3.63) is 35.1 Å². The highest BCUT2D eigenvalue weighted by molar-refractivity contribution is 5.32. The second-order valence-electron chi connectivity index (χ2n) is 4.47. The molecule has 0 aliphatic rings. The van der Waals surface area contributed by atoms with E-state index in [9.17, 15) is 4.39 Å². The van der Waals surface area contributed by atoms with E-state index in [0.717, 1.165) is 12.8 Å². The minimum absolute atomic E-state index is 0.292. The zero-order valence-corrected chi connectivity index (χ0v) is 10.7. The minimum Gasteiger partial charge on any atom is -0.299 e. The first kappa shape index (κ1) is 13.7. The molecule has 1 aromatic carbocycles. The number of benzene rings is 1. The van der Waals surface area contributed by atoms with Crippen LogP contribution in [0.1, 0.15) is 37.8 Å². The van der Waals surface area contributed by atoms with Gasteiger partial charge in [0.05, 0.1) is 11.6 Å². The molecule has 1 atom stereocenters. The molecule has 0 spiro atoms. The van der Waals surface area contributed by atoms with Crippen molar-refractivity contribution in [1.29, 1.82) is 5.26 Å². The average Bonchev–Trinajstić information content (AvgIpc) is 2.31. The monoisotopic (exact) mass is 234 g/mol. The van der Waals surface area contributed by atoms with Gasteiger partial charge in [0.25, 0.3) is 0 Å². The van der Waals surface area contributed by atoms with Crippen molar-refractivity contribution in [2.45, 2.75) is 39.3 Å². The lowest BCUT2D eigenvalue weighted by molar-refractivity contribution is 0.234. The van der Waals surface area contributed by atoms with E-state index in [1.165, 1.54) is 6.07 Å². The molecule has 0 amide bonds. The van der Waals surface area contributed by atoms with Crippen molar-refractivity contribution in [1.82, 2.24) is 4.90 Å². The van der Waals surface area contributed by atoms with Crippen LogP contribution in [0.25, 0.3) is 0 Å². The molecule has 17 heavy (non-hydrogen) atoms. The Balaban J connectivity index is 2.72. The molecule has 3 heteroatoms. The highest BCUT2D eigenvalue weighted by Crippen LogP contribution is 2.14. The van der Waals surface area contributed by atoms with Gasteiger partial charge in [0.15, 0.2) is 0 Å². The Labute approximate surface area is 103 Å². The summed E-state index contributed by atoms with van der Waals surface area (Å²) in [5, 5.41) is 8.67. The Morgan fingerprint density at radius 3 is 2.71 bits per heavy atom. The van der Waals surface area contributed by atoms with Crippen molar-refractivity contribution in [2.75, 3.05) is 7.05 Å². The zero-order chi connectivity index (χ0) is 12.8. The second-order valence-corrected chi connectivity index (χ2v) is 4.47. The van der Waals surface area contributed by atoms with Gasteiger partial charge in [-0.2, -0.15) is 5.26 Å².